The minimum absolute atomic E-state index is 0.277. The molecule has 0 N–H and O–H groups in total. The third kappa shape index (κ3) is 2.90. The van der Waals surface area contributed by atoms with Gasteiger partial charge in [0, 0.05) is 12.5 Å². The van der Waals surface area contributed by atoms with Crippen LogP contribution in [-0.4, -0.2) is 42.8 Å². The van der Waals surface area contributed by atoms with Crippen LogP contribution in [0.4, 0.5) is 0 Å². The Bertz CT molecular complexity index is 557. The Hall–Kier alpha value is -1.76. The summed E-state index contributed by atoms with van der Waals surface area (Å²) in [7, 11) is 0. The number of Topliss-reactive ketones (excluding diaryl/α,β-unsaturated/α-hetero) is 1. The molecule has 0 amide bonds. The van der Waals surface area contributed by atoms with Crippen LogP contribution in [0.3, 0.4) is 0 Å². The number of hydrogen-bond acceptors (Lipinski definition) is 6. The van der Waals surface area contributed by atoms with Crippen molar-refractivity contribution in [3.63, 3.8) is 0 Å². The van der Waals surface area contributed by atoms with Gasteiger partial charge in [0.15, 0.2) is 12.4 Å². The van der Waals surface area contributed by atoms with Crippen LogP contribution in [0.15, 0.2) is 30.3 Å². The Kier molecular flexibility index (Phi) is 4.24. The Balaban J connectivity index is 1.81. The number of benzene rings is 1. The van der Waals surface area contributed by atoms with Crippen molar-refractivity contribution in [1.82, 2.24) is 0 Å². The van der Waals surface area contributed by atoms with Crippen molar-refractivity contribution < 1.29 is 28.5 Å². The van der Waals surface area contributed by atoms with E-state index in [0.717, 1.165) is 5.56 Å². The van der Waals surface area contributed by atoms with Crippen LogP contribution in [0.25, 0.3) is 0 Å². The summed E-state index contributed by atoms with van der Waals surface area (Å²) >= 11 is 0. The van der Waals surface area contributed by atoms with E-state index in [2.05, 4.69) is 0 Å². The quantitative estimate of drug-likeness (QED) is 0.769. The van der Waals surface area contributed by atoms with Crippen molar-refractivity contribution in [3.05, 3.63) is 35.9 Å². The monoisotopic (exact) mass is 306 g/mol. The Morgan fingerprint density at radius 1 is 1.23 bits per heavy atom. The summed E-state index contributed by atoms with van der Waals surface area (Å²) in [5, 5.41) is 0. The number of ether oxygens (including phenoxy) is 4. The van der Waals surface area contributed by atoms with Crippen molar-refractivity contribution in [1.29, 1.82) is 0 Å². The minimum Gasteiger partial charge on any atom is -0.451 e. The molecule has 2 unspecified atom stereocenters. The van der Waals surface area contributed by atoms with Crippen LogP contribution < -0.4 is 0 Å². The number of hydrogen-bond donors (Lipinski definition) is 0. The molecule has 2 fully saturated rings. The summed E-state index contributed by atoms with van der Waals surface area (Å²) in [4.78, 5) is 23.5. The van der Waals surface area contributed by atoms with Gasteiger partial charge in [-0.05, 0) is 6.92 Å². The molecule has 2 aliphatic heterocycles. The van der Waals surface area contributed by atoms with Crippen LogP contribution in [-0.2, 0) is 28.5 Å². The van der Waals surface area contributed by atoms with E-state index in [1.165, 1.54) is 6.92 Å². The fraction of sp³-hybridized carbons (Fsp3) is 0.500. The minimum atomic E-state index is -0.957. The number of fused-ring (bicyclic) bond motifs is 1. The molecule has 0 aromatic heterocycles. The van der Waals surface area contributed by atoms with Gasteiger partial charge in [0.2, 0.25) is 5.78 Å². The Morgan fingerprint density at radius 2 is 1.95 bits per heavy atom. The molecule has 6 heteroatoms. The van der Waals surface area contributed by atoms with E-state index in [1.54, 1.807) is 6.92 Å². The van der Waals surface area contributed by atoms with Gasteiger partial charge in [-0.2, -0.15) is 0 Å². The highest BCUT2D eigenvalue weighted by Gasteiger charge is 2.49. The number of carbonyl (C=O) groups excluding carboxylic acids is 2. The lowest BCUT2D eigenvalue weighted by Gasteiger charge is -2.43. The van der Waals surface area contributed by atoms with Gasteiger partial charge in [-0.1, -0.05) is 30.3 Å². The second kappa shape index (κ2) is 6.16. The van der Waals surface area contributed by atoms with E-state index in [4.69, 9.17) is 18.9 Å². The predicted octanol–water partition coefficient (Wildman–Crippen LogP) is 1.39. The van der Waals surface area contributed by atoms with E-state index in [0.29, 0.717) is 0 Å². The summed E-state index contributed by atoms with van der Waals surface area (Å²) in [6.45, 7) is 3.19. The average Bonchev–Trinajstić information content (AvgIpc) is 2.52. The zero-order valence-corrected chi connectivity index (χ0v) is 12.4. The highest BCUT2D eigenvalue weighted by atomic mass is 16.7. The first kappa shape index (κ1) is 15.1. The average molecular weight is 306 g/mol. The second-order valence-corrected chi connectivity index (χ2v) is 5.43. The molecule has 0 bridgehead atoms. The fourth-order valence-corrected chi connectivity index (χ4v) is 2.74. The zero-order valence-electron chi connectivity index (χ0n) is 12.4. The van der Waals surface area contributed by atoms with Crippen molar-refractivity contribution in [2.45, 2.75) is 44.6 Å². The van der Waals surface area contributed by atoms with Gasteiger partial charge in [-0.25, -0.2) is 0 Å². The molecule has 0 saturated carbocycles. The number of esters is 1. The third-order valence-electron chi connectivity index (χ3n) is 3.78. The topological polar surface area (TPSA) is 71.1 Å². The molecule has 0 spiro atoms. The molecule has 6 nitrogen and oxygen atoms in total. The summed E-state index contributed by atoms with van der Waals surface area (Å²) in [5.41, 5.74) is 0.841. The predicted molar refractivity (Wildman–Crippen MR) is 74.9 cm³/mol. The molecule has 3 rings (SSSR count). The van der Waals surface area contributed by atoms with Gasteiger partial charge < -0.3 is 18.9 Å². The van der Waals surface area contributed by atoms with Crippen LogP contribution >= 0.6 is 0 Å². The van der Waals surface area contributed by atoms with Crippen molar-refractivity contribution in [2.24, 2.45) is 0 Å². The third-order valence-corrected chi connectivity index (χ3v) is 3.78. The number of carbonyl (C=O) groups is 2. The summed E-state index contributed by atoms with van der Waals surface area (Å²) < 4.78 is 22.3. The standard InChI is InChI=1S/C16H18O6/c1-9-13(18)15(21-10(2)17)14-12(20-9)8-19-16(22-14)11-6-4-3-5-7-11/h3-7,9,12,14-16H,8H2,1-2H3/t9?,12-,14+,15-,16?/m1/s1. The normalized spacial score (nSPS) is 34.8. The molecule has 1 aromatic carbocycles. The molecule has 2 heterocycles. The molecular weight excluding hydrogens is 288 g/mol. The van der Waals surface area contributed by atoms with Crippen molar-refractivity contribution in [2.75, 3.05) is 6.61 Å². The first-order chi connectivity index (χ1) is 10.6. The molecular formula is C16H18O6. The first-order valence-electron chi connectivity index (χ1n) is 7.24. The summed E-state index contributed by atoms with van der Waals surface area (Å²) in [6, 6.07) is 9.40. The maximum atomic E-state index is 12.2. The molecule has 0 radical (unpaired) electrons. The molecule has 22 heavy (non-hydrogen) atoms. The van der Waals surface area contributed by atoms with E-state index in [-0.39, 0.29) is 12.4 Å². The van der Waals surface area contributed by atoms with E-state index >= 15 is 0 Å². The van der Waals surface area contributed by atoms with Crippen molar-refractivity contribution in [3.8, 4) is 0 Å². The molecule has 5 atom stereocenters. The van der Waals surface area contributed by atoms with Crippen LogP contribution in [0, 0.1) is 0 Å². The second-order valence-electron chi connectivity index (χ2n) is 5.43. The van der Waals surface area contributed by atoms with Gasteiger partial charge in [0.25, 0.3) is 0 Å². The lowest BCUT2D eigenvalue weighted by atomic mass is 9.96. The highest BCUT2D eigenvalue weighted by molar-refractivity contribution is 5.90. The lowest BCUT2D eigenvalue weighted by molar-refractivity contribution is -0.298. The molecule has 0 aliphatic carbocycles. The van der Waals surface area contributed by atoms with Gasteiger partial charge in [0.05, 0.1) is 6.61 Å². The Labute approximate surface area is 128 Å². The summed E-state index contributed by atoms with van der Waals surface area (Å²) in [6.07, 6.45) is -3.30. The molecule has 2 aliphatic rings. The SMILES string of the molecule is CC(=O)O[C@@H]1C(=O)C(C)O[C@@H]2COC(c3ccccc3)O[C@H]12. The zero-order chi connectivity index (χ0) is 15.7. The van der Waals surface area contributed by atoms with E-state index < -0.39 is 36.7 Å². The van der Waals surface area contributed by atoms with Crippen molar-refractivity contribution >= 4 is 11.8 Å². The molecule has 1 aromatic rings. The number of rotatable bonds is 2. The van der Waals surface area contributed by atoms with Crippen LogP contribution in [0.2, 0.25) is 0 Å². The van der Waals surface area contributed by atoms with E-state index in [1.807, 2.05) is 30.3 Å². The van der Waals surface area contributed by atoms with Gasteiger partial charge in [0.1, 0.15) is 18.3 Å². The lowest BCUT2D eigenvalue weighted by Crippen LogP contribution is -2.60. The Morgan fingerprint density at radius 3 is 2.64 bits per heavy atom. The van der Waals surface area contributed by atoms with Gasteiger partial charge in [-0.15, -0.1) is 0 Å². The van der Waals surface area contributed by atoms with Gasteiger partial charge >= 0.3 is 5.97 Å². The molecule has 118 valence electrons. The van der Waals surface area contributed by atoms with Crippen LogP contribution in [0.5, 0.6) is 0 Å². The maximum absolute atomic E-state index is 12.2. The maximum Gasteiger partial charge on any atom is 0.303 e. The molecule has 2 saturated heterocycles. The fourth-order valence-electron chi connectivity index (χ4n) is 2.74. The smallest absolute Gasteiger partial charge is 0.303 e. The van der Waals surface area contributed by atoms with E-state index in [9.17, 15) is 9.59 Å². The largest absolute Gasteiger partial charge is 0.451 e. The number of ketones is 1. The van der Waals surface area contributed by atoms with Crippen LogP contribution in [0.1, 0.15) is 25.7 Å². The highest BCUT2D eigenvalue weighted by Crippen LogP contribution is 2.33. The summed E-state index contributed by atoms with van der Waals surface area (Å²) in [5.74, 6) is -0.803. The van der Waals surface area contributed by atoms with Gasteiger partial charge in [-0.3, -0.25) is 9.59 Å². The first-order valence-corrected chi connectivity index (χ1v) is 7.24.